The number of thioether (sulfide) groups is 1. The van der Waals surface area contributed by atoms with Crippen molar-refractivity contribution in [2.75, 3.05) is 11.1 Å². The number of fused-ring (bicyclic) bond motifs is 1. The largest absolute Gasteiger partial charge is 0.493 e. The lowest BCUT2D eigenvalue weighted by molar-refractivity contribution is -0.113. The molecule has 158 valence electrons. The summed E-state index contributed by atoms with van der Waals surface area (Å²) in [4.78, 5) is 34.1. The van der Waals surface area contributed by atoms with Crippen LogP contribution in [0.25, 0.3) is 15.9 Å². The number of carbonyl (C=O) groups is 1. The van der Waals surface area contributed by atoms with E-state index in [4.69, 9.17) is 0 Å². The zero-order chi connectivity index (χ0) is 22.0. The molecule has 1 amide bonds. The Morgan fingerprint density at radius 1 is 1.16 bits per heavy atom. The number of hydrogen-bond acceptors (Lipinski definition) is 7. The van der Waals surface area contributed by atoms with E-state index < -0.39 is 0 Å². The monoisotopic (exact) mass is 452 g/mol. The van der Waals surface area contributed by atoms with Gasteiger partial charge in [-0.15, -0.1) is 0 Å². The molecule has 0 spiro atoms. The number of rotatable bonds is 6. The van der Waals surface area contributed by atoms with Gasteiger partial charge in [-0.2, -0.15) is 4.98 Å². The summed E-state index contributed by atoms with van der Waals surface area (Å²) in [6.07, 6.45) is 0.354. The normalized spacial score (nSPS) is 11.0. The van der Waals surface area contributed by atoms with Crippen LogP contribution in [0.2, 0.25) is 0 Å². The van der Waals surface area contributed by atoms with Crippen LogP contribution in [0, 0.1) is 6.92 Å². The number of aryl methyl sites for hydroxylation is 1. The van der Waals surface area contributed by atoms with E-state index in [1.54, 1.807) is 6.92 Å². The molecule has 0 aliphatic heterocycles. The van der Waals surface area contributed by atoms with Gasteiger partial charge in [0.05, 0.1) is 27.2 Å². The van der Waals surface area contributed by atoms with Gasteiger partial charge in [0.25, 0.3) is 5.56 Å². The highest BCUT2D eigenvalue weighted by atomic mass is 32.2. The maximum Gasteiger partial charge on any atom is 0.265 e. The lowest BCUT2D eigenvalue weighted by Gasteiger charge is -2.14. The molecule has 0 atom stereocenters. The van der Waals surface area contributed by atoms with E-state index in [1.165, 1.54) is 15.9 Å². The van der Waals surface area contributed by atoms with Gasteiger partial charge in [-0.1, -0.05) is 59.9 Å². The number of thiazole rings is 1. The Balaban J connectivity index is 1.59. The Kier molecular flexibility index (Phi) is 6.06. The molecule has 4 rings (SSSR count). The van der Waals surface area contributed by atoms with Crippen molar-refractivity contribution in [3.63, 3.8) is 0 Å². The van der Waals surface area contributed by atoms with E-state index in [2.05, 4.69) is 15.3 Å². The van der Waals surface area contributed by atoms with Crippen molar-refractivity contribution < 1.29 is 9.90 Å². The van der Waals surface area contributed by atoms with Crippen LogP contribution < -0.4 is 10.9 Å². The summed E-state index contributed by atoms with van der Waals surface area (Å²) in [6.45, 7) is 3.75. The number of anilines is 1. The average Bonchev–Trinajstić information content (AvgIpc) is 3.15. The van der Waals surface area contributed by atoms with Gasteiger partial charge in [0.15, 0.2) is 10.3 Å². The Hall–Kier alpha value is -3.17. The molecule has 7 nitrogen and oxygen atoms in total. The van der Waals surface area contributed by atoms with E-state index in [0.717, 1.165) is 27.5 Å². The second-order valence-corrected chi connectivity index (χ2v) is 8.82. The third-order valence-corrected chi connectivity index (χ3v) is 6.53. The standard InChI is InChI=1S/C22H20N4O3S2/c1-3-15-19(28)25-22(26(20(15)29)14-10-8-13(2)9-11-14)30-12-18(27)24-21-23-16-6-4-5-7-17(16)31-21/h4-11,28H,3,12H2,1-2H3,(H,23,24,27). The van der Waals surface area contributed by atoms with Crippen LogP contribution in [0.4, 0.5) is 5.13 Å². The predicted octanol–water partition coefficient (Wildman–Crippen LogP) is 4.15. The molecule has 0 radical (unpaired) electrons. The molecular formula is C22H20N4O3S2. The molecule has 0 aliphatic rings. The van der Waals surface area contributed by atoms with Crippen molar-refractivity contribution in [1.29, 1.82) is 0 Å². The number of carbonyl (C=O) groups excluding carboxylic acids is 1. The first kappa shape index (κ1) is 21.1. The third kappa shape index (κ3) is 4.47. The summed E-state index contributed by atoms with van der Waals surface area (Å²) < 4.78 is 2.42. The number of aromatic hydroxyl groups is 1. The van der Waals surface area contributed by atoms with Gasteiger partial charge in [0.2, 0.25) is 11.8 Å². The van der Waals surface area contributed by atoms with Gasteiger partial charge in [0, 0.05) is 0 Å². The van der Waals surface area contributed by atoms with E-state index in [1.807, 2.05) is 55.5 Å². The summed E-state index contributed by atoms with van der Waals surface area (Å²) in [5, 5.41) is 13.8. The van der Waals surface area contributed by atoms with Crippen molar-refractivity contribution in [3.8, 4) is 11.6 Å². The van der Waals surface area contributed by atoms with Crippen LogP contribution >= 0.6 is 23.1 Å². The molecule has 2 N–H and O–H groups in total. The molecule has 0 saturated heterocycles. The Bertz CT molecular complexity index is 1280. The molecule has 0 unspecified atom stereocenters. The highest BCUT2D eigenvalue weighted by Crippen LogP contribution is 2.26. The number of aromatic nitrogens is 3. The Morgan fingerprint density at radius 2 is 1.90 bits per heavy atom. The summed E-state index contributed by atoms with van der Waals surface area (Å²) in [7, 11) is 0. The number of hydrogen-bond donors (Lipinski definition) is 2. The van der Waals surface area contributed by atoms with Crippen molar-refractivity contribution in [2.24, 2.45) is 0 Å². The number of para-hydroxylation sites is 1. The van der Waals surface area contributed by atoms with Gasteiger partial charge < -0.3 is 10.4 Å². The van der Waals surface area contributed by atoms with E-state index in [9.17, 15) is 14.7 Å². The molecule has 0 saturated carbocycles. The highest BCUT2D eigenvalue weighted by molar-refractivity contribution is 7.99. The maximum atomic E-state index is 13.0. The van der Waals surface area contributed by atoms with Crippen LogP contribution in [0.15, 0.2) is 58.5 Å². The maximum absolute atomic E-state index is 13.0. The van der Waals surface area contributed by atoms with Crippen molar-refractivity contribution in [1.82, 2.24) is 14.5 Å². The van der Waals surface area contributed by atoms with Crippen LogP contribution in [0.1, 0.15) is 18.1 Å². The van der Waals surface area contributed by atoms with Crippen molar-refractivity contribution >= 4 is 44.4 Å². The first-order valence-electron chi connectivity index (χ1n) is 9.66. The first-order valence-corrected chi connectivity index (χ1v) is 11.5. The molecule has 4 aromatic rings. The SMILES string of the molecule is CCc1c(O)nc(SCC(=O)Nc2nc3ccccc3s2)n(-c2ccc(C)cc2)c1=O. The summed E-state index contributed by atoms with van der Waals surface area (Å²) in [5.41, 5.74) is 2.41. The topological polar surface area (TPSA) is 97.1 Å². The molecule has 0 fully saturated rings. The van der Waals surface area contributed by atoms with Gasteiger partial charge in [-0.25, -0.2) is 4.98 Å². The Morgan fingerprint density at radius 3 is 2.61 bits per heavy atom. The van der Waals surface area contributed by atoms with Crippen LogP contribution in [-0.4, -0.2) is 31.3 Å². The highest BCUT2D eigenvalue weighted by Gasteiger charge is 2.18. The zero-order valence-electron chi connectivity index (χ0n) is 17.0. The minimum absolute atomic E-state index is 0.0130. The van der Waals surface area contributed by atoms with Crippen molar-refractivity contribution in [2.45, 2.75) is 25.4 Å². The summed E-state index contributed by atoms with van der Waals surface area (Å²) in [6, 6.07) is 15.1. The van der Waals surface area contributed by atoms with Gasteiger partial charge in [0.1, 0.15) is 0 Å². The molecule has 2 aromatic heterocycles. The van der Waals surface area contributed by atoms with E-state index in [-0.39, 0.29) is 33.8 Å². The van der Waals surface area contributed by atoms with Gasteiger partial charge >= 0.3 is 0 Å². The number of benzene rings is 2. The average molecular weight is 453 g/mol. The lowest BCUT2D eigenvalue weighted by atomic mass is 10.2. The van der Waals surface area contributed by atoms with Crippen LogP contribution in [-0.2, 0) is 11.2 Å². The molecule has 0 bridgehead atoms. The van der Waals surface area contributed by atoms with Gasteiger partial charge in [-0.05, 0) is 37.6 Å². The predicted molar refractivity (Wildman–Crippen MR) is 125 cm³/mol. The van der Waals surface area contributed by atoms with Crippen molar-refractivity contribution in [3.05, 3.63) is 70.0 Å². The summed E-state index contributed by atoms with van der Waals surface area (Å²) in [5.74, 6) is -0.558. The first-order chi connectivity index (χ1) is 15.0. The lowest BCUT2D eigenvalue weighted by Crippen LogP contribution is -2.25. The summed E-state index contributed by atoms with van der Waals surface area (Å²) >= 11 is 2.48. The quantitative estimate of drug-likeness (QED) is 0.337. The smallest absolute Gasteiger partial charge is 0.265 e. The minimum Gasteiger partial charge on any atom is -0.493 e. The second kappa shape index (κ2) is 8.91. The molecule has 31 heavy (non-hydrogen) atoms. The number of nitrogens with one attached hydrogen (secondary N) is 1. The fourth-order valence-electron chi connectivity index (χ4n) is 3.06. The third-order valence-electron chi connectivity index (χ3n) is 4.64. The fourth-order valence-corrected chi connectivity index (χ4v) is 4.75. The second-order valence-electron chi connectivity index (χ2n) is 6.85. The molecule has 2 aromatic carbocycles. The molecule has 0 aliphatic carbocycles. The van der Waals surface area contributed by atoms with E-state index in [0.29, 0.717) is 17.2 Å². The Labute approximate surface area is 186 Å². The van der Waals surface area contributed by atoms with Gasteiger partial charge in [-0.3, -0.25) is 14.2 Å². The number of nitrogens with zero attached hydrogens (tertiary/aromatic N) is 3. The zero-order valence-corrected chi connectivity index (χ0v) is 18.6. The minimum atomic E-state index is -0.340. The van der Waals surface area contributed by atoms with Crippen LogP contribution in [0.3, 0.4) is 0 Å². The molecule has 2 heterocycles. The fraction of sp³-hybridized carbons (Fsp3) is 0.182. The van der Waals surface area contributed by atoms with Crippen LogP contribution in [0.5, 0.6) is 5.88 Å². The van der Waals surface area contributed by atoms with E-state index >= 15 is 0 Å². The molecular weight excluding hydrogens is 432 g/mol. The molecule has 9 heteroatoms. The number of amides is 1.